The number of unbranched alkanes of at least 4 members (excludes halogenated alkanes) is 1. The number of hydrogen-bond acceptors (Lipinski definition) is 7. The lowest BCUT2D eigenvalue weighted by molar-refractivity contribution is -0.384. The third-order valence-corrected chi connectivity index (χ3v) is 9.66. The lowest BCUT2D eigenvalue weighted by atomic mass is 9.77. The molecule has 268 valence electrons. The molecule has 0 saturated heterocycles. The largest absolute Gasteiger partial charge is 0.312 e. The Morgan fingerprint density at radius 3 is 1.87 bits per heavy atom. The van der Waals surface area contributed by atoms with Gasteiger partial charge in [-0.05, 0) is 56.3 Å². The normalized spacial score (nSPS) is 11.3. The zero-order chi connectivity index (χ0) is 37.5. The zero-order valence-electron chi connectivity index (χ0n) is 29.5. The van der Waals surface area contributed by atoms with Crippen molar-refractivity contribution in [2.24, 2.45) is 0 Å². The highest BCUT2D eigenvalue weighted by Crippen LogP contribution is 2.43. The minimum atomic E-state index is -0.926. The van der Waals surface area contributed by atoms with E-state index in [1.54, 1.807) is 0 Å². The third-order valence-electron chi connectivity index (χ3n) is 9.45. The van der Waals surface area contributed by atoms with Crippen molar-refractivity contribution in [1.82, 2.24) is 25.2 Å². The van der Waals surface area contributed by atoms with Crippen molar-refractivity contribution in [3.05, 3.63) is 189 Å². The van der Waals surface area contributed by atoms with Crippen molar-refractivity contribution in [2.45, 2.75) is 38.3 Å². The van der Waals surface area contributed by atoms with Crippen LogP contribution in [-0.2, 0) is 16.9 Å². The number of nitrogens with zero attached hydrogens (tertiary/aromatic N) is 7. The summed E-state index contributed by atoms with van der Waals surface area (Å²) in [7, 11) is 0. The second-order valence-corrected chi connectivity index (χ2v) is 13.2. The van der Waals surface area contributed by atoms with Gasteiger partial charge in [-0.1, -0.05) is 164 Å². The molecule has 0 aliphatic heterocycles. The summed E-state index contributed by atoms with van der Waals surface area (Å²) in [4.78, 5) is 30.5. The smallest absolute Gasteiger partial charge is 0.287 e. The summed E-state index contributed by atoms with van der Waals surface area (Å²) in [6.45, 7) is 2.06. The van der Waals surface area contributed by atoms with Gasteiger partial charge in [0.1, 0.15) is 10.7 Å². The topological polar surface area (TPSA) is 120 Å². The standard InChI is InChI=1S/C43H36ClN7O3/c1-2-3-23-40(52)49(42-38(51(53)54)28-29-39(44)45-42)30-31-24-26-32(27-25-31)36-21-13-14-22-37(36)41-46-47-48-50(41)43(33-15-7-4-8-16-33,34-17-9-5-10-18-34)35-19-11-6-12-20-35/h4-22,24-29H,2-3,23,30H2,1H3. The van der Waals surface area contributed by atoms with Crippen molar-refractivity contribution in [3.63, 3.8) is 0 Å². The van der Waals surface area contributed by atoms with Gasteiger partial charge >= 0.3 is 5.69 Å². The molecule has 10 nitrogen and oxygen atoms in total. The van der Waals surface area contributed by atoms with Crippen LogP contribution < -0.4 is 4.90 Å². The second-order valence-electron chi connectivity index (χ2n) is 12.8. The summed E-state index contributed by atoms with van der Waals surface area (Å²) in [5.41, 5.74) is 5.13. The van der Waals surface area contributed by atoms with Gasteiger partial charge in [-0.25, -0.2) is 9.67 Å². The maximum absolute atomic E-state index is 13.5. The Bertz CT molecular complexity index is 2270. The van der Waals surface area contributed by atoms with Crippen LogP contribution in [-0.4, -0.2) is 36.0 Å². The molecule has 0 saturated carbocycles. The van der Waals surface area contributed by atoms with E-state index in [0.29, 0.717) is 12.2 Å². The molecule has 2 heterocycles. The van der Waals surface area contributed by atoms with E-state index >= 15 is 0 Å². The molecule has 2 aromatic heterocycles. The van der Waals surface area contributed by atoms with Gasteiger partial charge in [0.15, 0.2) is 5.82 Å². The summed E-state index contributed by atoms with van der Waals surface area (Å²) in [6.07, 6.45) is 1.66. The van der Waals surface area contributed by atoms with Crippen molar-refractivity contribution >= 4 is 29.0 Å². The number of tetrazole rings is 1. The van der Waals surface area contributed by atoms with Crippen molar-refractivity contribution in [2.75, 3.05) is 4.90 Å². The number of amides is 1. The van der Waals surface area contributed by atoms with E-state index in [2.05, 4.69) is 51.7 Å². The quantitative estimate of drug-likeness (QED) is 0.0501. The number of hydrogen-bond donors (Lipinski definition) is 0. The molecule has 0 unspecified atom stereocenters. The highest BCUT2D eigenvalue weighted by atomic mass is 35.5. The van der Waals surface area contributed by atoms with Crippen LogP contribution in [0.5, 0.6) is 0 Å². The van der Waals surface area contributed by atoms with E-state index < -0.39 is 10.5 Å². The summed E-state index contributed by atoms with van der Waals surface area (Å²) < 4.78 is 1.91. The highest BCUT2D eigenvalue weighted by molar-refractivity contribution is 6.29. The number of rotatable bonds is 13. The van der Waals surface area contributed by atoms with Crippen LogP contribution in [0.25, 0.3) is 22.5 Å². The maximum atomic E-state index is 13.5. The van der Waals surface area contributed by atoms with E-state index in [4.69, 9.17) is 16.8 Å². The zero-order valence-corrected chi connectivity index (χ0v) is 30.3. The fraction of sp³-hybridized carbons (Fsp3) is 0.140. The first-order valence-corrected chi connectivity index (χ1v) is 18.0. The van der Waals surface area contributed by atoms with Gasteiger partial charge in [0, 0.05) is 18.1 Å². The number of halogens is 1. The van der Waals surface area contributed by atoms with Crippen molar-refractivity contribution in [1.29, 1.82) is 0 Å². The average Bonchev–Trinajstić information content (AvgIpc) is 3.71. The van der Waals surface area contributed by atoms with Crippen LogP contribution in [0.2, 0.25) is 5.15 Å². The highest BCUT2D eigenvalue weighted by Gasteiger charge is 2.42. The molecule has 7 rings (SSSR count). The van der Waals surface area contributed by atoms with Crippen LogP contribution in [0, 0.1) is 10.1 Å². The molecule has 0 bridgehead atoms. The van der Waals surface area contributed by atoms with E-state index in [-0.39, 0.29) is 35.5 Å². The van der Waals surface area contributed by atoms with E-state index in [1.807, 2.05) is 115 Å². The Morgan fingerprint density at radius 2 is 1.31 bits per heavy atom. The molecule has 0 aliphatic rings. The maximum Gasteiger partial charge on any atom is 0.312 e. The van der Waals surface area contributed by atoms with Crippen LogP contribution in [0.1, 0.15) is 48.4 Å². The van der Waals surface area contributed by atoms with Gasteiger partial charge in [-0.3, -0.25) is 19.8 Å². The average molecular weight is 734 g/mol. The van der Waals surface area contributed by atoms with Gasteiger partial charge in [0.2, 0.25) is 11.7 Å². The Balaban J connectivity index is 1.32. The Hall–Kier alpha value is -6.52. The predicted molar refractivity (Wildman–Crippen MR) is 210 cm³/mol. The summed E-state index contributed by atoms with van der Waals surface area (Å²) in [5, 5.41) is 25.7. The molecule has 7 aromatic rings. The summed E-state index contributed by atoms with van der Waals surface area (Å²) in [6, 6.07) is 49.1. The van der Waals surface area contributed by atoms with Crippen LogP contribution in [0.3, 0.4) is 0 Å². The number of carbonyl (C=O) groups excluding carboxylic acids is 1. The molecule has 0 N–H and O–H groups in total. The van der Waals surface area contributed by atoms with Gasteiger partial charge in [-0.2, -0.15) is 0 Å². The Morgan fingerprint density at radius 1 is 0.759 bits per heavy atom. The van der Waals surface area contributed by atoms with Gasteiger partial charge in [-0.15, -0.1) is 5.10 Å². The summed E-state index contributed by atoms with van der Waals surface area (Å²) in [5.74, 6) is 0.224. The van der Waals surface area contributed by atoms with E-state index in [1.165, 1.54) is 17.0 Å². The molecule has 1 amide bonds. The number of aromatic nitrogens is 5. The van der Waals surface area contributed by atoms with Crippen LogP contribution in [0.4, 0.5) is 11.5 Å². The molecule has 0 radical (unpaired) electrons. The SMILES string of the molecule is CCCCC(=O)N(Cc1ccc(-c2ccccc2-c2nnnn2C(c2ccccc2)(c2ccccc2)c2ccccc2)cc1)c1nc(Cl)ccc1[N+](=O)[O-]. The molecule has 0 atom stereocenters. The van der Waals surface area contributed by atoms with E-state index in [0.717, 1.165) is 45.4 Å². The predicted octanol–water partition coefficient (Wildman–Crippen LogP) is 9.53. The number of pyridine rings is 1. The molecule has 11 heteroatoms. The van der Waals surface area contributed by atoms with Gasteiger partial charge < -0.3 is 0 Å². The second kappa shape index (κ2) is 16.0. The molecule has 5 aromatic carbocycles. The lowest BCUT2D eigenvalue weighted by Gasteiger charge is -2.36. The van der Waals surface area contributed by atoms with E-state index in [9.17, 15) is 14.9 Å². The number of nitro groups is 1. The van der Waals surface area contributed by atoms with Crippen molar-refractivity contribution in [3.8, 4) is 22.5 Å². The third kappa shape index (κ3) is 6.99. The first-order valence-electron chi connectivity index (χ1n) is 17.7. The fourth-order valence-corrected chi connectivity index (χ4v) is 7.03. The lowest BCUT2D eigenvalue weighted by Crippen LogP contribution is -2.39. The molecule has 0 spiro atoms. The van der Waals surface area contributed by atoms with Gasteiger partial charge in [0.05, 0.1) is 11.5 Å². The molecule has 0 fully saturated rings. The molecular formula is C43H36ClN7O3. The minimum Gasteiger partial charge on any atom is -0.287 e. The first kappa shape index (κ1) is 35.9. The monoisotopic (exact) mass is 733 g/mol. The molecular weight excluding hydrogens is 698 g/mol. The minimum absolute atomic E-state index is 0.0639. The number of anilines is 1. The fourth-order valence-electron chi connectivity index (χ4n) is 6.89. The van der Waals surface area contributed by atoms with Crippen LogP contribution in [0.15, 0.2) is 152 Å². The summed E-state index contributed by atoms with van der Waals surface area (Å²) >= 11 is 6.18. The Labute approximate surface area is 317 Å². The number of benzene rings is 5. The first-order chi connectivity index (χ1) is 26.4. The Kier molecular flexibility index (Phi) is 10.6. The molecule has 54 heavy (non-hydrogen) atoms. The molecule has 0 aliphatic carbocycles. The van der Waals surface area contributed by atoms with Crippen LogP contribution >= 0.6 is 11.6 Å². The van der Waals surface area contributed by atoms with Gasteiger partial charge in [0.25, 0.3) is 0 Å². The number of carbonyl (C=O) groups is 1. The van der Waals surface area contributed by atoms with Crippen molar-refractivity contribution < 1.29 is 9.72 Å².